The average molecular weight is 138 g/mol. The quantitative estimate of drug-likeness (QED) is 0.476. The Morgan fingerprint density at radius 1 is 1.75 bits per heavy atom. The van der Waals surface area contributed by atoms with Gasteiger partial charge in [-0.1, -0.05) is 0 Å². The van der Waals surface area contributed by atoms with Gasteiger partial charge in [-0.3, -0.25) is 0 Å². The summed E-state index contributed by atoms with van der Waals surface area (Å²) in [6, 6.07) is 0. The number of hydrogen-bond acceptors (Lipinski definition) is 2. The number of halogens is 1. The average Bonchev–Trinajstić information content (AvgIpc) is 1.64. The molecule has 1 saturated heterocycles. The highest BCUT2D eigenvalue weighted by Crippen LogP contribution is 2.44. The second-order valence-electron chi connectivity index (χ2n) is 1.75. The third kappa shape index (κ3) is 1.66. The fraction of sp³-hybridized carbons (Fsp3) is 1.00. The SMILES string of the molecule is CC1CCOP(F)O1. The fourth-order valence-corrected chi connectivity index (χ4v) is 1.21. The van der Waals surface area contributed by atoms with E-state index in [9.17, 15) is 4.20 Å². The van der Waals surface area contributed by atoms with Crippen LogP contribution in [0, 0.1) is 0 Å². The molecular weight excluding hydrogens is 130 g/mol. The molecule has 8 heavy (non-hydrogen) atoms. The van der Waals surface area contributed by atoms with Gasteiger partial charge in [-0.25, -0.2) is 0 Å². The molecule has 4 heteroatoms. The van der Waals surface area contributed by atoms with Gasteiger partial charge in [0.1, 0.15) is 0 Å². The van der Waals surface area contributed by atoms with Crippen LogP contribution in [0.1, 0.15) is 13.3 Å². The van der Waals surface area contributed by atoms with Gasteiger partial charge in [-0.2, -0.15) is 4.20 Å². The van der Waals surface area contributed by atoms with Crippen LogP contribution in [0.2, 0.25) is 0 Å². The Bertz CT molecular complexity index is 72.4. The van der Waals surface area contributed by atoms with Crippen LogP contribution >= 0.6 is 8.69 Å². The van der Waals surface area contributed by atoms with Crippen LogP contribution in [-0.2, 0) is 9.05 Å². The molecule has 1 aliphatic heterocycles. The minimum atomic E-state index is -2.03. The van der Waals surface area contributed by atoms with E-state index in [0.717, 1.165) is 6.42 Å². The number of rotatable bonds is 0. The first-order chi connectivity index (χ1) is 3.79. The molecule has 0 spiro atoms. The molecule has 2 unspecified atom stereocenters. The van der Waals surface area contributed by atoms with Gasteiger partial charge in [0, 0.05) is 0 Å². The zero-order chi connectivity index (χ0) is 5.98. The Balaban J connectivity index is 2.23. The summed E-state index contributed by atoms with van der Waals surface area (Å²) in [6.45, 7) is 2.35. The van der Waals surface area contributed by atoms with Gasteiger partial charge < -0.3 is 9.05 Å². The van der Waals surface area contributed by atoms with E-state index in [1.54, 1.807) is 0 Å². The molecule has 2 nitrogen and oxygen atoms in total. The standard InChI is InChI=1S/C4H8FO2P/c1-4-2-3-6-8(5)7-4/h4H,2-3H2,1H3. The van der Waals surface area contributed by atoms with Gasteiger partial charge in [0.25, 0.3) is 0 Å². The van der Waals surface area contributed by atoms with Crippen molar-refractivity contribution in [1.82, 2.24) is 0 Å². The molecule has 0 saturated carbocycles. The summed E-state index contributed by atoms with van der Waals surface area (Å²) in [5.74, 6) is 0. The van der Waals surface area contributed by atoms with Crippen LogP contribution in [0.15, 0.2) is 0 Å². The first-order valence-corrected chi connectivity index (χ1v) is 3.61. The smallest absolute Gasteiger partial charge is 0.309 e. The molecule has 2 atom stereocenters. The molecule has 1 rings (SSSR count). The summed E-state index contributed by atoms with van der Waals surface area (Å²) in [5, 5.41) is 0. The van der Waals surface area contributed by atoms with Gasteiger partial charge in [0.05, 0.1) is 12.7 Å². The Kier molecular flexibility index (Phi) is 2.17. The third-order valence-electron chi connectivity index (χ3n) is 0.980. The molecule has 1 fully saturated rings. The minimum absolute atomic E-state index is 0.0415. The van der Waals surface area contributed by atoms with Crippen molar-refractivity contribution in [2.45, 2.75) is 19.4 Å². The molecule has 0 radical (unpaired) electrons. The molecule has 0 bridgehead atoms. The van der Waals surface area contributed by atoms with E-state index in [2.05, 4.69) is 9.05 Å². The Labute approximate surface area is 49.0 Å². The molecule has 0 aromatic rings. The molecule has 0 amide bonds. The Morgan fingerprint density at radius 3 is 2.88 bits per heavy atom. The first kappa shape index (κ1) is 6.40. The van der Waals surface area contributed by atoms with Crippen molar-refractivity contribution < 1.29 is 13.2 Å². The largest absolute Gasteiger partial charge is 0.375 e. The number of hydrogen-bond donors (Lipinski definition) is 0. The zero-order valence-corrected chi connectivity index (χ0v) is 5.53. The van der Waals surface area contributed by atoms with E-state index in [0.29, 0.717) is 6.61 Å². The minimum Gasteiger partial charge on any atom is -0.309 e. The normalized spacial score (nSPS) is 39.8. The maximum absolute atomic E-state index is 12.1. The lowest BCUT2D eigenvalue weighted by atomic mass is 10.3. The maximum Gasteiger partial charge on any atom is 0.375 e. The summed E-state index contributed by atoms with van der Waals surface area (Å²) in [4.78, 5) is 0. The molecule has 1 aliphatic rings. The maximum atomic E-state index is 12.1. The highest BCUT2D eigenvalue weighted by Gasteiger charge is 2.19. The van der Waals surface area contributed by atoms with E-state index in [1.807, 2.05) is 6.92 Å². The van der Waals surface area contributed by atoms with Crippen molar-refractivity contribution in [3.05, 3.63) is 0 Å². The second-order valence-corrected chi connectivity index (χ2v) is 2.64. The van der Waals surface area contributed by atoms with Crippen LogP contribution in [0.25, 0.3) is 0 Å². The molecule has 0 aliphatic carbocycles. The highest BCUT2D eigenvalue weighted by atomic mass is 31.2. The van der Waals surface area contributed by atoms with Crippen LogP contribution in [0.4, 0.5) is 4.20 Å². The van der Waals surface area contributed by atoms with E-state index in [-0.39, 0.29) is 6.10 Å². The van der Waals surface area contributed by atoms with E-state index in [4.69, 9.17) is 0 Å². The summed E-state index contributed by atoms with van der Waals surface area (Å²) < 4.78 is 21.2. The van der Waals surface area contributed by atoms with Crippen molar-refractivity contribution in [2.75, 3.05) is 6.61 Å². The monoisotopic (exact) mass is 138 g/mol. The van der Waals surface area contributed by atoms with E-state index in [1.165, 1.54) is 0 Å². The Hall–Kier alpha value is 0.280. The zero-order valence-electron chi connectivity index (χ0n) is 4.63. The summed E-state index contributed by atoms with van der Waals surface area (Å²) in [5.41, 5.74) is 0. The molecule has 0 aromatic carbocycles. The van der Waals surface area contributed by atoms with Crippen LogP contribution in [0.5, 0.6) is 0 Å². The van der Waals surface area contributed by atoms with E-state index >= 15 is 0 Å². The van der Waals surface area contributed by atoms with Gasteiger partial charge >= 0.3 is 8.69 Å². The van der Waals surface area contributed by atoms with Gasteiger partial charge in [0.2, 0.25) is 0 Å². The van der Waals surface area contributed by atoms with Gasteiger partial charge in [-0.05, 0) is 13.3 Å². The topological polar surface area (TPSA) is 18.5 Å². The summed E-state index contributed by atoms with van der Waals surface area (Å²) in [7, 11) is -2.03. The van der Waals surface area contributed by atoms with Crippen LogP contribution in [0.3, 0.4) is 0 Å². The van der Waals surface area contributed by atoms with E-state index < -0.39 is 8.69 Å². The van der Waals surface area contributed by atoms with Crippen molar-refractivity contribution in [2.24, 2.45) is 0 Å². The first-order valence-electron chi connectivity index (χ1n) is 2.54. The lowest BCUT2D eigenvalue weighted by Gasteiger charge is -2.19. The molecule has 48 valence electrons. The fourth-order valence-electron chi connectivity index (χ4n) is 0.515. The summed E-state index contributed by atoms with van der Waals surface area (Å²) in [6.07, 6.45) is 0.850. The van der Waals surface area contributed by atoms with Gasteiger partial charge in [-0.15, -0.1) is 0 Å². The Morgan fingerprint density at radius 2 is 2.50 bits per heavy atom. The lowest BCUT2D eigenvalue weighted by molar-refractivity contribution is 0.104. The molecule has 0 aromatic heterocycles. The molecular formula is C4H8FO2P. The second kappa shape index (κ2) is 2.72. The highest BCUT2D eigenvalue weighted by molar-refractivity contribution is 7.41. The van der Waals surface area contributed by atoms with Crippen molar-refractivity contribution in [3.63, 3.8) is 0 Å². The predicted octanol–water partition coefficient (Wildman–Crippen LogP) is 2.01. The third-order valence-corrected chi connectivity index (χ3v) is 1.89. The van der Waals surface area contributed by atoms with Crippen molar-refractivity contribution in [3.8, 4) is 0 Å². The van der Waals surface area contributed by atoms with Crippen LogP contribution in [-0.4, -0.2) is 12.7 Å². The lowest BCUT2D eigenvalue weighted by Crippen LogP contribution is -2.12. The van der Waals surface area contributed by atoms with Crippen molar-refractivity contribution >= 4 is 8.69 Å². The van der Waals surface area contributed by atoms with Crippen LogP contribution < -0.4 is 0 Å². The molecule has 1 heterocycles. The van der Waals surface area contributed by atoms with Gasteiger partial charge in [0.15, 0.2) is 0 Å². The summed E-state index contributed by atoms with van der Waals surface area (Å²) >= 11 is 0. The predicted molar refractivity (Wildman–Crippen MR) is 29.1 cm³/mol. The van der Waals surface area contributed by atoms with Crippen molar-refractivity contribution in [1.29, 1.82) is 0 Å². The molecule has 0 N–H and O–H groups in total.